The zero-order chi connectivity index (χ0) is 23.5. The summed E-state index contributed by atoms with van der Waals surface area (Å²) in [6.07, 6.45) is 5.84. The highest BCUT2D eigenvalue weighted by molar-refractivity contribution is 5.84. The van der Waals surface area contributed by atoms with Crippen molar-refractivity contribution in [2.24, 2.45) is 5.92 Å². The van der Waals surface area contributed by atoms with Gasteiger partial charge in [-0.15, -0.1) is 0 Å². The van der Waals surface area contributed by atoms with Crippen molar-refractivity contribution in [1.29, 1.82) is 0 Å². The Hall–Kier alpha value is -2.88. The Morgan fingerprint density at radius 3 is 2.03 bits per heavy atom. The van der Waals surface area contributed by atoms with Crippen LogP contribution < -0.4 is 0 Å². The second-order valence-corrected chi connectivity index (χ2v) is 8.94. The van der Waals surface area contributed by atoms with Gasteiger partial charge >= 0.3 is 0 Å². The summed E-state index contributed by atoms with van der Waals surface area (Å²) in [7, 11) is 0. The molecular formula is C29H28F4. The Kier molecular flexibility index (Phi) is 7.02. The third-order valence-corrected chi connectivity index (χ3v) is 6.44. The van der Waals surface area contributed by atoms with Crippen LogP contribution in [-0.2, 0) is 19.3 Å². The van der Waals surface area contributed by atoms with Crippen molar-refractivity contribution in [3.8, 4) is 11.1 Å². The van der Waals surface area contributed by atoms with E-state index in [-0.39, 0.29) is 11.1 Å². The van der Waals surface area contributed by atoms with Gasteiger partial charge in [-0.2, -0.15) is 0 Å². The first-order chi connectivity index (χ1) is 15.9. The van der Waals surface area contributed by atoms with Crippen molar-refractivity contribution in [1.82, 2.24) is 0 Å². The standard InChI is InChI=1S/C29H28F4/c1-3-5-18-7-9-20(10-8-18)27-25(30)16-24(17-26(27)31)29(33)28(32)22-12-11-21-13-19(6-4-2)14-23(21)15-22/h7-12,15-17,19H,3-6,13-14H2,1-2H3. The van der Waals surface area contributed by atoms with Gasteiger partial charge in [0.2, 0.25) is 0 Å². The van der Waals surface area contributed by atoms with Crippen LogP contribution in [0.2, 0.25) is 0 Å². The normalized spacial score (nSPS) is 16.0. The average molecular weight is 453 g/mol. The van der Waals surface area contributed by atoms with E-state index in [1.54, 1.807) is 24.3 Å². The van der Waals surface area contributed by atoms with Crippen molar-refractivity contribution in [2.75, 3.05) is 0 Å². The third-order valence-electron chi connectivity index (χ3n) is 6.44. The topological polar surface area (TPSA) is 0 Å². The zero-order valence-corrected chi connectivity index (χ0v) is 19.0. The second-order valence-electron chi connectivity index (χ2n) is 8.94. The number of hydrogen-bond donors (Lipinski definition) is 0. The third kappa shape index (κ3) is 4.90. The molecule has 0 saturated heterocycles. The van der Waals surface area contributed by atoms with Gasteiger partial charge in [0.05, 0.1) is 5.56 Å². The molecule has 33 heavy (non-hydrogen) atoms. The first-order valence-corrected chi connectivity index (χ1v) is 11.7. The summed E-state index contributed by atoms with van der Waals surface area (Å²) < 4.78 is 59.6. The highest BCUT2D eigenvalue weighted by atomic mass is 19.2. The van der Waals surface area contributed by atoms with Gasteiger partial charge in [0.25, 0.3) is 0 Å². The van der Waals surface area contributed by atoms with Crippen molar-refractivity contribution in [3.05, 3.63) is 94.0 Å². The predicted molar refractivity (Wildman–Crippen MR) is 127 cm³/mol. The maximum absolute atomic E-state index is 15.0. The van der Waals surface area contributed by atoms with E-state index in [0.717, 1.165) is 67.3 Å². The first-order valence-electron chi connectivity index (χ1n) is 11.7. The van der Waals surface area contributed by atoms with Gasteiger partial charge in [-0.05, 0) is 65.6 Å². The van der Waals surface area contributed by atoms with E-state index in [2.05, 4.69) is 13.8 Å². The fraction of sp³-hybridized carbons (Fsp3) is 0.310. The van der Waals surface area contributed by atoms with Crippen LogP contribution in [0.5, 0.6) is 0 Å². The molecule has 0 aromatic heterocycles. The molecule has 3 aromatic rings. The Bertz CT molecular complexity index is 1150. The molecule has 4 rings (SSSR count). The van der Waals surface area contributed by atoms with E-state index in [4.69, 9.17) is 0 Å². The average Bonchev–Trinajstić information content (AvgIpc) is 3.21. The minimum atomic E-state index is -1.26. The predicted octanol–water partition coefficient (Wildman–Crippen LogP) is 8.86. The lowest BCUT2D eigenvalue weighted by Crippen LogP contribution is -1.97. The summed E-state index contributed by atoms with van der Waals surface area (Å²) in [6, 6.07) is 13.7. The summed E-state index contributed by atoms with van der Waals surface area (Å²) >= 11 is 0. The second kappa shape index (κ2) is 9.94. The molecule has 1 unspecified atom stereocenters. The fourth-order valence-electron chi connectivity index (χ4n) is 4.81. The van der Waals surface area contributed by atoms with Crippen LogP contribution in [0.1, 0.15) is 60.9 Å². The maximum Gasteiger partial charge on any atom is 0.166 e. The Labute approximate surface area is 193 Å². The minimum absolute atomic E-state index is 0.0970. The number of rotatable bonds is 7. The van der Waals surface area contributed by atoms with Crippen LogP contribution in [0.3, 0.4) is 0 Å². The molecule has 0 spiro atoms. The van der Waals surface area contributed by atoms with Gasteiger partial charge in [-0.3, -0.25) is 0 Å². The highest BCUT2D eigenvalue weighted by Crippen LogP contribution is 2.36. The molecule has 1 aliphatic rings. The maximum atomic E-state index is 15.0. The molecule has 0 amide bonds. The molecule has 1 atom stereocenters. The van der Waals surface area contributed by atoms with E-state index in [1.165, 1.54) is 0 Å². The smallest absolute Gasteiger partial charge is 0.166 e. The molecule has 0 nitrogen and oxygen atoms in total. The van der Waals surface area contributed by atoms with Crippen LogP contribution >= 0.6 is 0 Å². The van der Waals surface area contributed by atoms with Crippen LogP contribution in [0.25, 0.3) is 22.8 Å². The molecular weight excluding hydrogens is 424 g/mol. The first kappa shape index (κ1) is 23.3. The molecule has 0 heterocycles. The van der Waals surface area contributed by atoms with Crippen LogP contribution in [-0.4, -0.2) is 0 Å². The van der Waals surface area contributed by atoms with Gasteiger partial charge in [0.15, 0.2) is 11.7 Å². The van der Waals surface area contributed by atoms with Crippen molar-refractivity contribution < 1.29 is 17.6 Å². The molecule has 4 heteroatoms. The van der Waals surface area contributed by atoms with Gasteiger partial charge in [0, 0.05) is 11.1 Å². The van der Waals surface area contributed by atoms with Crippen LogP contribution in [0, 0.1) is 17.6 Å². The van der Waals surface area contributed by atoms with Gasteiger partial charge in [0.1, 0.15) is 11.6 Å². The lowest BCUT2D eigenvalue weighted by Gasteiger charge is -2.10. The van der Waals surface area contributed by atoms with Gasteiger partial charge in [-0.1, -0.05) is 69.5 Å². The van der Waals surface area contributed by atoms with Crippen molar-refractivity contribution >= 4 is 11.7 Å². The minimum Gasteiger partial charge on any atom is -0.206 e. The molecule has 0 N–H and O–H groups in total. The Morgan fingerprint density at radius 1 is 0.758 bits per heavy atom. The number of hydrogen-bond acceptors (Lipinski definition) is 0. The van der Waals surface area contributed by atoms with E-state index in [0.29, 0.717) is 11.5 Å². The Morgan fingerprint density at radius 2 is 1.39 bits per heavy atom. The molecule has 0 aliphatic heterocycles. The monoisotopic (exact) mass is 452 g/mol. The quantitative estimate of drug-likeness (QED) is 0.248. The van der Waals surface area contributed by atoms with Crippen molar-refractivity contribution in [2.45, 2.75) is 52.4 Å². The van der Waals surface area contributed by atoms with E-state index in [9.17, 15) is 17.6 Å². The molecule has 3 aromatic carbocycles. The van der Waals surface area contributed by atoms with E-state index < -0.39 is 28.9 Å². The zero-order valence-electron chi connectivity index (χ0n) is 19.0. The van der Waals surface area contributed by atoms with Gasteiger partial charge < -0.3 is 0 Å². The SMILES string of the molecule is CCCc1ccc(-c2c(F)cc(C(F)=C(F)c3ccc4c(c3)CC(CCC)C4)cc2F)cc1. The lowest BCUT2D eigenvalue weighted by atomic mass is 9.98. The molecule has 172 valence electrons. The van der Waals surface area contributed by atoms with E-state index in [1.807, 2.05) is 18.2 Å². The summed E-state index contributed by atoms with van der Waals surface area (Å²) in [4.78, 5) is 0. The fourth-order valence-corrected chi connectivity index (χ4v) is 4.81. The largest absolute Gasteiger partial charge is 0.206 e. The highest BCUT2D eigenvalue weighted by Gasteiger charge is 2.23. The number of aryl methyl sites for hydroxylation is 1. The Balaban J connectivity index is 1.63. The van der Waals surface area contributed by atoms with E-state index >= 15 is 0 Å². The van der Waals surface area contributed by atoms with Crippen molar-refractivity contribution in [3.63, 3.8) is 0 Å². The summed E-state index contributed by atoms with van der Waals surface area (Å²) in [5, 5.41) is 0. The summed E-state index contributed by atoms with van der Waals surface area (Å²) in [6.45, 7) is 4.19. The number of halogens is 4. The lowest BCUT2D eigenvalue weighted by molar-refractivity contribution is 0.507. The van der Waals surface area contributed by atoms with Crippen LogP contribution in [0.4, 0.5) is 17.6 Å². The number of fused-ring (bicyclic) bond motifs is 1. The van der Waals surface area contributed by atoms with Gasteiger partial charge in [-0.25, -0.2) is 17.6 Å². The summed E-state index contributed by atoms with van der Waals surface area (Å²) in [5.74, 6) is -3.68. The summed E-state index contributed by atoms with van der Waals surface area (Å²) in [5.41, 5.74) is 3.03. The molecule has 1 aliphatic carbocycles. The number of benzene rings is 3. The van der Waals surface area contributed by atoms with Crippen LogP contribution in [0.15, 0.2) is 54.6 Å². The molecule has 0 bridgehead atoms. The molecule has 0 saturated carbocycles. The molecule has 0 radical (unpaired) electrons. The molecule has 0 fully saturated rings.